The van der Waals surface area contributed by atoms with Crippen molar-refractivity contribution in [3.05, 3.63) is 12.2 Å². The van der Waals surface area contributed by atoms with E-state index < -0.39 is 0 Å². The summed E-state index contributed by atoms with van der Waals surface area (Å²) in [5, 5.41) is 0. The second-order valence-electron chi connectivity index (χ2n) is 6.37. The maximum absolute atomic E-state index is 12.3. The topological polar surface area (TPSA) is 26.3 Å². The minimum Gasteiger partial charge on any atom is -0.454 e. The molecule has 0 unspecified atom stereocenters. The normalized spacial score (nSPS) is 29.5. The standard InChI is InChI=1S/C16H28O2/c1-6-10-16(11-8-13(3)9-12-16)18-14(17)15(4,5)7-2/h6,10,13H,7-9,11-12H2,1-5H3/b10-6+. The summed E-state index contributed by atoms with van der Waals surface area (Å²) in [5.41, 5.74) is -0.720. The lowest BCUT2D eigenvalue weighted by molar-refractivity contribution is -0.169. The van der Waals surface area contributed by atoms with Crippen molar-refractivity contribution in [2.75, 3.05) is 0 Å². The molecule has 0 bridgehead atoms. The highest BCUT2D eigenvalue weighted by molar-refractivity contribution is 5.76. The van der Waals surface area contributed by atoms with Gasteiger partial charge in [0.2, 0.25) is 0 Å². The molecule has 1 aliphatic carbocycles. The smallest absolute Gasteiger partial charge is 0.312 e. The minimum absolute atomic E-state index is 0.0577. The van der Waals surface area contributed by atoms with Gasteiger partial charge in [0.15, 0.2) is 0 Å². The van der Waals surface area contributed by atoms with Crippen molar-refractivity contribution < 1.29 is 9.53 Å². The fourth-order valence-electron chi connectivity index (χ4n) is 2.32. The van der Waals surface area contributed by atoms with Gasteiger partial charge in [0.05, 0.1) is 5.41 Å². The molecule has 0 radical (unpaired) electrons. The molecule has 0 aromatic carbocycles. The molecule has 1 fully saturated rings. The molecule has 2 nitrogen and oxygen atoms in total. The lowest BCUT2D eigenvalue weighted by Crippen LogP contribution is -2.41. The zero-order valence-electron chi connectivity index (χ0n) is 12.6. The van der Waals surface area contributed by atoms with Crippen LogP contribution in [-0.4, -0.2) is 11.6 Å². The molecule has 0 amide bonds. The van der Waals surface area contributed by atoms with Crippen molar-refractivity contribution >= 4 is 5.97 Å². The lowest BCUT2D eigenvalue weighted by atomic mass is 9.78. The Morgan fingerprint density at radius 3 is 2.39 bits per heavy atom. The molecule has 104 valence electrons. The van der Waals surface area contributed by atoms with Crippen LogP contribution in [0, 0.1) is 11.3 Å². The van der Waals surface area contributed by atoms with Gasteiger partial charge in [0.1, 0.15) is 5.60 Å². The Kier molecular flexibility index (Phi) is 5.01. The van der Waals surface area contributed by atoms with Crippen molar-refractivity contribution in [2.45, 2.75) is 72.3 Å². The van der Waals surface area contributed by atoms with Crippen LogP contribution in [0.1, 0.15) is 66.7 Å². The molecule has 1 aliphatic rings. The largest absolute Gasteiger partial charge is 0.454 e. The Labute approximate surface area is 112 Å². The quantitative estimate of drug-likeness (QED) is 0.544. The number of hydrogen-bond donors (Lipinski definition) is 0. The van der Waals surface area contributed by atoms with Gasteiger partial charge in [-0.05, 0) is 64.9 Å². The number of carbonyl (C=O) groups excluding carboxylic acids is 1. The third kappa shape index (κ3) is 3.60. The van der Waals surface area contributed by atoms with Gasteiger partial charge in [-0.1, -0.05) is 19.9 Å². The van der Waals surface area contributed by atoms with Crippen LogP contribution >= 0.6 is 0 Å². The summed E-state index contributed by atoms with van der Waals surface area (Å²) in [4.78, 5) is 12.3. The predicted molar refractivity (Wildman–Crippen MR) is 75.3 cm³/mol. The summed E-state index contributed by atoms with van der Waals surface area (Å²) in [7, 11) is 0. The Bertz CT molecular complexity index is 307. The summed E-state index contributed by atoms with van der Waals surface area (Å²) in [6.45, 7) is 10.2. The Morgan fingerprint density at radius 1 is 1.39 bits per heavy atom. The second kappa shape index (κ2) is 5.90. The molecule has 0 aromatic heterocycles. The van der Waals surface area contributed by atoms with Crippen molar-refractivity contribution in [3.63, 3.8) is 0 Å². The highest BCUT2D eigenvalue weighted by atomic mass is 16.6. The van der Waals surface area contributed by atoms with Gasteiger partial charge < -0.3 is 4.74 Å². The minimum atomic E-state index is -0.377. The van der Waals surface area contributed by atoms with Gasteiger partial charge in [-0.3, -0.25) is 4.79 Å². The first-order chi connectivity index (χ1) is 8.35. The van der Waals surface area contributed by atoms with Gasteiger partial charge in [-0.15, -0.1) is 0 Å². The van der Waals surface area contributed by atoms with Crippen LogP contribution in [0.25, 0.3) is 0 Å². The number of rotatable bonds is 4. The van der Waals surface area contributed by atoms with Crippen LogP contribution in [0.4, 0.5) is 0 Å². The van der Waals surface area contributed by atoms with Gasteiger partial charge in [-0.2, -0.15) is 0 Å². The molecule has 0 N–H and O–H groups in total. The highest BCUT2D eigenvalue weighted by Crippen LogP contribution is 2.38. The maximum atomic E-state index is 12.3. The van der Waals surface area contributed by atoms with Gasteiger partial charge in [0.25, 0.3) is 0 Å². The predicted octanol–water partition coefficient (Wildman–Crippen LogP) is 4.49. The van der Waals surface area contributed by atoms with E-state index in [0.717, 1.165) is 38.0 Å². The number of ether oxygens (including phenoxy) is 1. The Hall–Kier alpha value is -0.790. The third-order valence-corrected chi connectivity index (χ3v) is 4.32. The van der Waals surface area contributed by atoms with Crippen LogP contribution in [0.2, 0.25) is 0 Å². The Balaban J connectivity index is 2.78. The molecular weight excluding hydrogens is 224 g/mol. The van der Waals surface area contributed by atoms with Crippen LogP contribution in [0.3, 0.4) is 0 Å². The zero-order valence-corrected chi connectivity index (χ0v) is 12.6. The van der Waals surface area contributed by atoms with E-state index in [0.29, 0.717) is 0 Å². The van der Waals surface area contributed by atoms with Crippen LogP contribution in [0.15, 0.2) is 12.2 Å². The first-order valence-electron chi connectivity index (χ1n) is 7.22. The highest BCUT2D eigenvalue weighted by Gasteiger charge is 2.39. The number of carbonyl (C=O) groups is 1. The summed E-state index contributed by atoms with van der Waals surface area (Å²) in [6.07, 6.45) is 9.13. The molecule has 2 heteroatoms. The average molecular weight is 252 g/mol. The lowest BCUT2D eigenvalue weighted by Gasteiger charge is -2.38. The molecule has 1 saturated carbocycles. The number of allylic oxidation sites excluding steroid dienone is 1. The molecular formula is C16H28O2. The van der Waals surface area contributed by atoms with E-state index in [1.54, 1.807) is 0 Å². The van der Waals surface area contributed by atoms with Gasteiger partial charge in [0, 0.05) is 0 Å². The molecule has 18 heavy (non-hydrogen) atoms. The second-order valence-corrected chi connectivity index (χ2v) is 6.37. The molecule has 0 atom stereocenters. The molecule has 0 aromatic rings. The monoisotopic (exact) mass is 252 g/mol. The van der Waals surface area contributed by atoms with Gasteiger partial charge in [-0.25, -0.2) is 0 Å². The van der Waals surface area contributed by atoms with Crippen molar-refractivity contribution in [1.82, 2.24) is 0 Å². The van der Waals surface area contributed by atoms with Crippen LogP contribution < -0.4 is 0 Å². The van der Waals surface area contributed by atoms with E-state index in [1.807, 2.05) is 33.8 Å². The van der Waals surface area contributed by atoms with E-state index in [-0.39, 0.29) is 17.0 Å². The molecule has 1 rings (SSSR count). The molecule has 0 heterocycles. The summed E-state index contributed by atoms with van der Waals surface area (Å²) in [5.74, 6) is 0.693. The SMILES string of the molecule is C/C=C/C1(OC(=O)C(C)(C)CC)CCC(C)CC1. The third-order valence-electron chi connectivity index (χ3n) is 4.32. The van der Waals surface area contributed by atoms with E-state index in [9.17, 15) is 4.79 Å². The van der Waals surface area contributed by atoms with Crippen LogP contribution in [-0.2, 0) is 9.53 Å². The molecule has 0 saturated heterocycles. The maximum Gasteiger partial charge on any atom is 0.312 e. The summed E-state index contributed by atoms with van der Waals surface area (Å²) < 4.78 is 5.90. The first-order valence-corrected chi connectivity index (χ1v) is 7.22. The van der Waals surface area contributed by atoms with E-state index in [1.165, 1.54) is 0 Å². The molecule has 0 spiro atoms. The van der Waals surface area contributed by atoms with E-state index in [4.69, 9.17) is 4.74 Å². The number of hydrogen-bond acceptors (Lipinski definition) is 2. The van der Waals surface area contributed by atoms with Crippen molar-refractivity contribution in [1.29, 1.82) is 0 Å². The van der Waals surface area contributed by atoms with Crippen molar-refractivity contribution in [2.24, 2.45) is 11.3 Å². The average Bonchev–Trinajstić information content (AvgIpc) is 2.33. The summed E-state index contributed by atoms with van der Waals surface area (Å²) in [6, 6.07) is 0. The van der Waals surface area contributed by atoms with E-state index >= 15 is 0 Å². The Morgan fingerprint density at radius 2 is 1.94 bits per heavy atom. The fourth-order valence-corrected chi connectivity index (χ4v) is 2.32. The van der Waals surface area contributed by atoms with Crippen molar-refractivity contribution in [3.8, 4) is 0 Å². The number of esters is 1. The van der Waals surface area contributed by atoms with Crippen LogP contribution in [0.5, 0.6) is 0 Å². The summed E-state index contributed by atoms with van der Waals surface area (Å²) >= 11 is 0. The fraction of sp³-hybridized carbons (Fsp3) is 0.812. The zero-order chi connectivity index (χ0) is 13.8. The first kappa shape index (κ1) is 15.3. The molecule has 0 aliphatic heterocycles. The van der Waals surface area contributed by atoms with E-state index in [2.05, 4.69) is 13.0 Å². The van der Waals surface area contributed by atoms with Gasteiger partial charge >= 0.3 is 5.97 Å².